The molecule has 1 atom stereocenters. The Kier molecular flexibility index (Phi) is 8.74. The number of hydrogen-bond acceptors (Lipinski definition) is 3. The third kappa shape index (κ3) is 6.55. The minimum absolute atomic E-state index is 0.112. The number of benzene rings is 2. The van der Waals surface area contributed by atoms with Crippen LogP contribution in [0.3, 0.4) is 0 Å². The van der Waals surface area contributed by atoms with Crippen molar-refractivity contribution in [2.75, 3.05) is 13.2 Å². The van der Waals surface area contributed by atoms with Crippen molar-refractivity contribution in [1.29, 1.82) is 0 Å². The highest BCUT2D eigenvalue weighted by molar-refractivity contribution is 5.69. The molecular weight excluding hydrogens is 324 g/mol. The zero-order valence-electron chi connectivity index (χ0n) is 15.9. The maximum absolute atomic E-state index is 11.6. The summed E-state index contributed by atoms with van der Waals surface area (Å²) in [4.78, 5) is 11.6. The fraction of sp³-hybridized carbons (Fsp3) is 0.435. The highest BCUT2D eigenvalue weighted by atomic mass is 16.5. The van der Waals surface area contributed by atoms with E-state index in [0.717, 1.165) is 38.0 Å². The van der Waals surface area contributed by atoms with Crippen molar-refractivity contribution in [3.8, 4) is 5.75 Å². The Labute approximate surface area is 157 Å². The minimum atomic E-state index is -0.112. The van der Waals surface area contributed by atoms with Gasteiger partial charge in [-0.15, -0.1) is 0 Å². The molecule has 0 N–H and O–H groups in total. The van der Waals surface area contributed by atoms with Gasteiger partial charge in [-0.3, -0.25) is 4.79 Å². The van der Waals surface area contributed by atoms with Crippen molar-refractivity contribution < 1.29 is 14.3 Å². The maximum atomic E-state index is 11.6. The Balaban J connectivity index is 2.04. The van der Waals surface area contributed by atoms with E-state index in [0.29, 0.717) is 13.0 Å². The Morgan fingerprint density at radius 2 is 1.62 bits per heavy atom. The summed E-state index contributed by atoms with van der Waals surface area (Å²) in [5.41, 5.74) is 2.53. The summed E-state index contributed by atoms with van der Waals surface area (Å²) in [5, 5.41) is 0. The molecule has 0 bridgehead atoms. The number of hydrogen-bond donors (Lipinski definition) is 0. The van der Waals surface area contributed by atoms with Gasteiger partial charge in [0.1, 0.15) is 5.75 Å². The van der Waals surface area contributed by atoms with Crippen LogP contribution in [-0.2, 0) is 9.53 Å². The first-order chi connectivity index (χ1) is 12.7. The second-order valence-corrected chi connectivity index (χ2v) is 6.43. The lowest BCUT2D eigenvalue weighted by atomic mass is 9.87. The van der Waals surface area contributed by atoms with Gasteiger partial charge in [0.05, 0.1) is 13.2 Å². The van der Waals surface area contributed by atoms with Gasteiger partial charge >= 0.3 is 5.97 Å². The first-order valence-electron chi connectivity index (χ1n) is 9.68. The van der Waals surface area contributed by atoms with Crippen molar-refractivity contribution in [3.05, 3.63) is 65.7 Å². The quantitative estimate of drug-likeness (QED) is 0.382. The molecule has 0 aliphatic rings. The largest absolute Gasteiger partial charge is 0.494 e. The Morgan fingerprint density at radius 3 is 2.27 bits per heavy atom. The number of carbonyl (C=O) groups is 1. The number of esters is 1. The number of unbranched alkanes of at least 4 members (excludes halogenated alkanes) is 1. The molecule has 2 rings (SSSR count). The molecule has 0 saturated heterocycles. The molecule has 2 aromatic rings. The molecule has 2 aromatic carbocycles. The average Bonchev–Trinajstić information content (AvgIpc) is 2.67. The van der Waals surface area contributed by atoms with E-state index in [4.69, 9.17) is 9.47 Å². The summed E-state index contributed by atoms with van der Waals surface area (Å²) in [6.45, 7) is 5.21. The zero-order chi connectivity index (χ0) is 18.6. The molecule has 0 spiro atoms. The fourth-order valence-corrected chi connectivity index (χ4v) is 3.03. The van der Waals surface area contributed by atoms with Gasteiger partial charge in [-0.25, -0.2) is 0 Å². The molecule has 0 aliphatic carbocycles. The van der Waals surface area contributed by atoms with E-state index in [2.05, 4.69) is 43.3 Å². The lowest BCUT2D eigenvalue weighted by Crippen LogP contribution is -2.06. The van der Waals surface area contributed by atoms with E-state index < -0.39 is 0 Å². The molecule has 0 fully saturated rings. The van der Waals surface area contributed by atoms with E-state index >= 15 is 0 Å². The molecule has 0 radical (unpaired) electrons. The van der Waals surface area contributed by atoms with Crippen LogP contribution in [0.15, 0.2) is 54.6 Å². The van der Waals surface area contributed by atoms with Crippen LogP contribution in [0.4, 0.5) is 0 Å². The summed E-state index contributed by atoms with van der Waals surface area (Å²) in [6.07, 6.45) is 4.40. The number of carbonyl (C=O) groups excluding carboxylic acids is 1. The topological polar surface area (TPSA) is 35.5 Å². The van der Waals surface area contributed by atoms with Crippen molar-refractivity contribution >= 4 is 5.97 Å². The summed E-state index contributed by atoms with van der Waals surface area (Å²) in [6, 6.07) is 18.8. The number of rotatable bonds is 11. The Hall–Kier alpha value is -2.29. The van der Waals surface area contributed by atoms with E-state index in [9.17, 15) is 4.79 Å². The first-order valence-corrected chi connectivity index (χ1v) is 9.68. The summed E-state index contributed by atoms with van der Waals surface area (Å²) >= 11 is 0. The molecule has 3 nitrogen and oxygen atoms in total. The van der Waals surface area contributed by atoms with Gasteiger partial charge in [-0.2, -0.15) is 0 Å². The third-order valence-corrected chi connectivity index (χ3v) is 4.43. The van der Waals surface area contributed by atoms with Gasteiger partial charge in [-0.1, -0.05) is 55.8 Å². The van der Waals surface area contributed by atoms with E-state index in [-0.39, 0.29) is 11.9 Å². The molecule has 1 unspecified atom stereocenters. The van der Waals surface area contributed by atoms with E-state index in [1.807, 2.05) is 25.1 Å². The van der Waals surface area contributed by atoms with Gasteiger partial charge in [0.15, 0.2) is 0 Å². The normalized spacial score (nSPS) is 11.8. The lowest BCUT2D eigenvalue weighted by Gasteiger charge is -2.18. The van der Waals surface area contributed by atoms with Gasteiger partial charge in [0.2, 0.25) is 0 Å². The van der Waals surface area contributed by atoms with E-state index in [1.165, 1.54) is 11.1 Å². The van der Waals surface area contributed by atoms with Crippen LogP contribution in [0.25, 0.3) is 0 Å². The van der Waals surface area contributed by atoms with Crippen LogP contribution in [-0.4, -0.2) is 19.2 Å². The molecule has 3 heteroatoms. The van der Waals surface area contributed by atoms with Gasteiger partial charge in [-0.05, 0) is 49.4 Å². The molecule has 0 aromatic heterocycles. The highest BCUT2D eigenvalue weighted by Crippen LogP contribution is 2.31. The van der Waals surface area contributed by atoms with Gasteiger partial charge < -0.3 is 9.47 Å². The third-order valence-electron chi connectivity index (χ3n) is 4.43. The second-order valence-electron chi connectivity index (χ2n) is 6.43. The fourth-order valence-electron chi connectivity index (χ4n) is 3.03. The van der Waals surface area contributed by atoms with Crippen LogP contribution >= 0.6 is 0 Å². The molecule has 0 saturated carbocycles. The SMILES string of the molecule is CCCCOc1ccc(C(CCCC(=O)OCC)c2ccccc2)cc1. The van der Waals surface area contributed by atoms with Crippen LogP contribution in [0.2, 0.25) is 0 Å². The Morgan fingerprint density at radius 1 is 0.923 bits per heavy atom. The molecule has 140 valence electrons. The summed E-state index contributed by atoms with van der Waals surface area (Å²) in [7, 11) is 0. The van der Waals surface area contributed by atoms with Crippen LogP contribution in [0.1, 0.15) is 63.0 Å². The van der Waals surface area contributed by atoms with E-state index in [1.54, 1.807) is 0 Å². The lowest BCUT2D eigenvalue weighted by molar-refractivity contribution is -0.143. The smallest absolute Gasteiger partial charge is 0.305 e. The minimum Gasteiger partial charge on any atom is -0.494 e. The predicted molar refractivity (Wildman–Crippen MR) is 106 cm³/mol. The van der Waals surface area contributed by atoms with Crippen molar-refractivity contribution in [2.24, 2.45) is 0 Å². The van der Waals surface area contributed by atoms with Crippen molar-refractivity contribution in [2.45, 2.75) is 51.9 Å². The molecule has 0 amide bonds. The summed E-state index contributed by atoms with van der Waals surface area (Å²) < 4.78 is 10.8. The standard InChI is InChI=1S/C23H30O3/c1-3-5-18-26-21-16-14-20(15-17-21)22(19-10-7-6-8-11-19)12-9-13-23(24)25-4-2/h6-8,10-11,14-17,22H,3-5,9,12-13,18H2,1-2H3. The number of ether oxygens (including phenoxy) is 2. The van der Waals surface area contributed by atoms with Gasteiger partial charge in [0, 0.05) is 12.3 Å². The summed E-state index contributed by atoms with van der Waals surface area (Å²) in [5.74, 6) is 1.08. The van der Waals surface area contributed by atoms with Crippen molar-refractivity contribution in [3.63, 3.8) is 0 Å². The highest BCUT2D eigenvalue weighted by Gasteiger charge is 2.15. The molecule has 0 heterocycles. The Bertz CT molecular complexity index is 634. The molecular formula is C23H30O3. The van der Waals surface area contributed by atoms with Crippen molar-refractivity contribution in [1.82, 2.24) is 0 Å². The molecule has 0 aliphatic heterocycles. The monoisotopic (exact) mass is 354 g/mol. The van der Waals surface area contributed by atoms with Crippen LogP contribution < -0.4 is 4.74 Å². The zero-order valence-corrected chi connectivity index (χ0v) is 15.9. The van der Waals surface area contributed by atoms with Gasteiger partial charge in [0.25, 0.3) is 0 Å². The average molecular weight is 354 g/mol. The van der Waals surface area contributed by atoms with Crippen LogP contribution in [0, 0.1) is 0 Å². The van der Waals surface area contributed by atoms with Crippen LogP contribution in [0.5, 0.6) is 5.75 Å². The first kappa shape index (κ1) is 20.0. The second kappa shape index (κ2) is 11.3. The predicted octanol–water partition coefficient (Wildman–Crippen LogP) is 5.73. The maximum Gasteiger partial charge on any atom is 0.305 e. The molecule has 26 heavy (non-hydrogen) atoms.